The van der Waals surface area contributed by atoms with Crippen LogP contribution in [0.5, 0.6) is 0 Å². The van der Waals surface area contributed by atoms with Gasteiger partial charge in [0.2, 0.25) is 0 Å². The fourth-order valence-corrected chi connectivity index (χ4v) is 2.82. The number of ether oxygens (including phenoxy) is 1. The summed E-state index contributed by atoms with van der Waals surface area (Å²) in [5, 5.41) is 0.503. The Labute approximate surface area is 131 Å². The summed E-state index contributed by atoms with van der Waals surface area (Å²) >= 11 is 12.0. The molecule has 21 heavy (non-hydrogen) atoms. The lowest BCUT2D eigenvalue weighted by molar-refractivity contribution is 0.0845. The highest BCUT2D eigenvalue weighted by atomic mass is 35.5. The first-order chi connectivity index (χ1) is 10.1. The van der Waals surface area contributed by atoms with Gasteiger partial charge in [0.05, 0.1) is 5.69 Å². The number of rotatable bonds is 2. The summed E-state index contributed by atoms with van der Waals surface area (Å²) in [5.41, 5.74) is 1.000. The van der Waals surface area contributed by atoms with Crippen LogP contribution in [0.2, 0.25) is 10.2 Å². The van der Waals surface area contributed by atoms with Gasteiger partial charge in [-0.05, 0) is 25.0 Å². The number of pyridine rings is 1. The second-order valence-electron chi connectivity index (χ2n) is 4.87. The molecule has 1 aliphatic heterocycles. The quantitative estimate of drug-likeness (QED) is 0.862. The summed E-state index contributed by atoms with van der Waals surface area (Å²) in [6.07, 6.45) is 3.19. The predicted octanol–water partition coefficient (Wildman–Crippen LogP) is 3.03. The minimum absolute atomic E-state index is 0.143. The first-order valence-electron chi connectivity index (χ1n) is 6.64. The fourth-order valence-electron chi connectivity index (χ4n) is 2.40. The summed E-state index contributed by atoms with van der Waals surface area (Å²) < 4.78 is 5.34. The van der Waals surface area contributed by atoms with E-state index in [-0.39, 0.29) is 16.5 Å². The number of nitrogens with one attached hydrogen (secondary N) is 1. The van der Waals surface area contributed by atoms with E-state index in [9.17, 15) is 4.79 Å². The van der Waals surface area contributed by atoms with Crippen molar-refractivity contribution in [3.63, 3.8) is 0 Å². The van der Waals surface area contributed by atoms with Crippen molar-refractivity contribution in [1.29, 1.82) is 0 Å². The van der Waals surface area contributed by atoms with Crippen LogP contribution in [0, 0.1) is 0 Å². The number of hydrogen-bond acceptors (Lipinski definition) is 4. The molecule has 3 rings (SSSR count). The lowest BCUT2D eigenvalue weighted by atomic mass is 9.96. The zero-order chi connectivity index (χ0) is 14.8. The Hall–Kier alpha value is -1.43. The van der Waals surface area contributed by atoms with Gasteiger partial charge in [0.1, 0.15) is 16.0 Å². The van der Waals surface area contributed by atoms with Crippen molar-refractivity contribution in [1.82, 2.24) is 15.0 Å². The van der Waals surface area contributed by atoms with Crippen LogP contribution in [0.15, 0.2) is 23.1 Å². The topological polar surface area (TPSA) is 67.9 Å². The second kappa shape index (κ2) is 6.13. The van der Waals surface area contributed by atoms with Crippen molar-refractivity contribution < 1.29 is 4.74 Å². The van der Waals surface area contributed by atoms with E-state index < -0.39 is 0 Å². The summed E-state index contributed by atoms with van der Waals surface area (Å²) in [6.45, 7) is 1.32. The number of hydrogen-bond donors (Lipinski definition) is 1. The average molecular weight is 326 g/mol. The molecule has 3 heterocycles. The van der Waals surface area contributed by atoms with E-state index in [2.05, 4.69) is 15.0 Å². The van der Waals surface area contributed by atoms with Gasteiger partial charge in [0.15, 0.2) is 0 Å². The molecule has 1 aliphatic rings. The maximum Gasteiger partial charge on any atom is 0.270 e. The van der Waals surface area contributed by atoms with Crippen LogP contribution in [0.25, 0.3) is 11.4 Å². The smallest absolute Gasteiger partial charge is 0.270 e. The van der Waals surface area contributed by atoms with E-state index >= 15 is 0 Å². The Balaban J connectivity index is 2.07. The van der Waals surface area contributed by atoms with E-state index in [1.165, 1.54) is 0 Å². The van der Waals surface area contributed by atoms with Gasteiger partial charge < -0.3 is 9.72 Å². The molecule has 0 amide bonds. The van der Waals surface area contributed by atoms with Gasteiger partial charge in [-0.3, -0.25) is 4.79 Å². The lowest BCUT2D eigenvalue weighted by Gasteiger charge is -2.22. The number of aromatic nitrogens is 3. The molecule has 0 spiro atoms. The molecule has 0 bridgehead atoms. The molecule has 0 aliphatic carbocycles. The maximum atomic E-state index is 12.1. The standard InChI is InChI=1S/C14H13Cl2N3O2/c15-10-7-9(1-4-17-10)13-18-12(11(16)14(20)19-13)8-2-5-21-6-3-8/h1,4,7-8H,2-3,5-6H2,(H,18,19,20). The van der Waals surface area contributed by atoms with Crippen molar-refractivity contribution in [3.8, 4) is 11.4 Å². The minimum atomic E-state index is -0.337. The first-order valence-corrected chi connectivity index (χ1v) is 7.40. The van der Waals surface area contributed by atoms with Crippen LogP contribution >= 0.6 is 23.2 Å². The molecule has 110 valence electrons. The van der Waals surface area contributed by atoms with Gasteiger partial charge >= 0.3 is 0 Å². The fraction of sp³-hybridized carbons (Fsp3) is 0.357. The van der Waals surface area contributed by atoms with Crippen molar-refractivity contribution in [2.24, 2.45) is 0 Å². The molecule has 1 fully saturated rings. The van der Waals surface area contributed by atoms with Crippen LogP contribution in [-0.2, 0) is 4.74 Å². The second-order valence-corrected chi connectivity index (χ2v) is 5.63. The zero-order valence-electron chi connectivity index (χ0n) is 11.1. The van der Waals surface area contributed by atoms with Crippen LogP contribution < -0.4 is 5.56 Å². The van der Waals surface area contributed by atoms with Crippen LogP contribution in [0.3, 0.4) is 0 Å². The molecule has 0 aromatic carbocycles. The largest absolute Gasteiger partial charge is 0.381 e. The molecule has 1 N–H and O–H groups in total. The highest BCUT2D eigenvalue weighted by Crippen LogP contribution is 2.30. The molecule has 0 atom stereocenters. The highest BCUT2D eigenvalue weighted by molar-refractivity contribution is 6.31. The van der Waals surface area contributed by atoms with Gasteiger partial charge in [-0.1, -0.05) is 23.2 Å². The maximum absolute atomic E-state index is 12.1. The molecular weight excluding hydrogens is 313 g/mol. The summed E-state index contributed by atoms with van der Waals surface area (Å²) in [7, 11) is 0. The lowest BCUT2D eigenvalue weighted by Crippen LogP contribution is -2.20. The van der Waals surface area contributed by atoms with E-state index in [4.69, 9.17) is 27.9 Å². The third-order valence-electron chi connectivity index (χ3n) is 3.50. The molecular formula is C14H13Cl2N3O2. The number of nitrogens with zero attached hydrogens (tertiary/aromatic N) is 2. The van der Waals surface area contributed by atoms with Gasteiger partial charge in [-0.25, -0.2) is 9.97 Å². The van der Waals surface area contributed by atoms with Crippen LogP contribution in [0.4, 0.5) is 0 Å². The highest BCUT2D eigenvalue weighted by Gasteiger charge is 2.22. The molecule has 2 aromatic rings. The average Bonchev–Trinajstić information content (AvgIpc) is 2.51. The van der Waals surface area contributed by atoms with Gasteiger partial charge in [-0.15, -0.1) is 0 Å². The summed E-state index contributed by atoms with van der Waals surface area (Å²) in [6, 6.07) is 3.40. The Kier molecular flexibility index (Phi) is 4.24. The van der Waals surface area contributed by atoms with E-state index in [1.807, 2.05) is 0 Å². The van der Waals surface area contributed by atoms with Crippen molar-refractivity contribution in [2.75, 3.05) is 13.2 Å². The zero-order valence-corrected chi connectivity index (χ0v) is 12.6. The molecule has 0 saturated carbocycles. The molecule has 5 nitrogen and oxygen atoms in total. The van der Waals surface area contributed by atoms with Crippen LogP contribution in [-0.4, -0.2) is 28.2 Å². The molecule has 2 aromatic heterocycles. The van der Waals surface area contributed by atoms with E-state index in [0.29, 0.717) is 35.4 Å². The number of aromatic amines is 1. The van der Waals surface area contributed by atoms with Gasteiger partial charge in [-0.2, -0.15) is 0 Å². The Bertz CT molecular complexity index is 712. The molecule has 7 heteroatoms. The summed E-state index contributed by atoms with van der Waals surface area (Å²) in [5.74, 6) is 0.597. The van der Waals surface area contributed by atoms with Crippen LogP contribution in [0.1, 0.15) is 24.5 Å². The third kappa shape index (κ3) is 3.10. The van der Waals surface area contributed by atoms with Crippen molar-refractivity contribution in [2.45, 2.75) is 18.8 Å². The number of halogens is 2. The Morgan fingerprint density at radius 2 is 2.05 bits per heavy atom. The molecule has 0 radical (unpaired) electrons. The summed E-state index contributed by atoms with van der Waals surface area (Å²) in [4.78, 5) is 23.2. The van der Waals surface area contributed by atoms with E-state index in [1.54, 1.807) is 18.3 Å². The van der Waals surface area contributed by atoms with Crippen molar-refractivity contribution >= 4 is 23.2 Å². The van der Waals surface area contributed by atoms with Crippen molar-refractivity contribution in [3.05, 3.63) is 44.6 Å². The molecule has 0 unspecified atom stereocenters. The third-order valence-corrected chi connectivity index (χ3v) is 4.07. The van der Waals surface area contributed by atoms with Gasteiger partial charge in [0.25, 0.3) is 5.56 Å². The SMILES string of the molecule is O=c1[nH]c(-c2ccnc(Cl)c2)nc(C2CCOCC2)c1Cl. The Morgan fingerprint density at radius 3 is 2.76 bits per heavy atom. The monoisotopic (exact) mass is 325 g/mol. The minimum Gasteiger partial charge on any atom is -0.381 e. The first kappa shape index (κ1) is 14.5. The number of H-pyrrole nitrogens is 1. The normalized spacial score (nSPS) is 16.1. The Morgan fingerprint density at radius 1 is 1.29 bits per heavy atom. The van der Waals surface area contributed by atoms with Gasteiger partial charge in [0, 0.05) is 30.9 Å². The predicted molar refractivity (Wildman–Crippen MR) is 80.9 cm³/mol. The van der Waals surface area contributed by atoms with E-state index in [0.717, 1.165) is 12.8 Å². The molecule has 1 saturated heterocycles.